The van der Waals surface area contributed by atoms with Crippen LogP contribution in [-0.4, -0.2) is 44.8 Å². The van der Waals surface area contributed by atoms with Crippen molar-refractivity contribution in [3.63, 3.8) is 0 Å². The number of rotatable bonds is 8. The van der Waals surface area contributed by atoms with Crippen LogP contribution in [0.3, 0.4) is 0 Å². The zero-order valence-electron chi connectivity index (χ0n) is 12.8. The lowest BCUT2D eigenvalue weighted by molar-refractivity contribution is -0.156. The van der Waals surface area contributed by atoms with Crippen LogP contribution in [0.5, 0.6) is 5.75 Å². The highest BCUT2D eigenvalue weighted by atomic mass is 79.9. The lowest BCUT2D eigenvalue weighted by Gasteiger charge is -2.14. The summed E-state index contributed by atoms with van der Waals surface area (Å²) in [6.07, 6.45) is -0.880. The Morgan fingerprint density at radius 3 is 2.73 bits per heavy atom. The van der Waals surface area contributed by atoms with Crippen LogP contribution in [0.15, 0.2) is 22.7 Å². The number of ether oxygens (including phenoxy) is 3. The van der Waals surface area contributed by atoms with Crippen LogP contribution in [0.2, 0.25) is 0 Å². The number of amides is 1. The minimum absolute atomic E-state index is 0.267. The van der Waals surface area contributed by atoms with Crippen LogP contribution >= 0.6 is 15.9 Å². The number of benzene rings is 1. The average Bonchev–Trinajstić information content (AvgIpc) is 2.46. The monoisotopic (exact) mass is 373 g/mol. The van der Waals surface area contributed by atoms with Gasteiger partial charge in [0.1, 0.15) is 5.75 Å². The van der Waals surface area contributed by atoms with E-state index in [-0.39, 0.29) is 12.5 Å². The fraction of sp³-hybridized carbons (Fsp3) is 0.467. The molecular formula is C15H20BrNO5. The highest BCUT2D eigenvalue weighted by Crippen LogP contribution is 2.25. The van der Waals surface area contributed by atoms with Gasteiger partial charge in [0, 0.05) is 13.7 Å². The molecule has 0 fully saturated rings. The number of methoxy groups -OCH3 is 1. The van der Waals surface area contributed by atoms with Crippen molar-refractivity contribution < 1.29 is 23.8 Å². The van der Waals surface area contributed by atoms with E-state index in [4.69, 9.17) is 14.2 Å². The molecule has 0 aliphatic heterocycles. The molecule has 0 bridgehead atoms. The van der Waals surface area contributed by atoms with Crippen molar-refractivity contribution in [2.75, 3.05) is 26.9 Å². The quantitative estimate of drug-likeness (QED) is 0.555. The van der Waals surface area contributed by atoms with E-state index in [9.17, 15) is 9.59 Å². The second-order valence-electron chi connectivity index (χ2n) is 4.64. The number of hydrogen-bond donors (Lipinski definition) is 1. The van der Waals surface area contributed by atoms with Gasteiger partial charge >= 0.3 is 5.97 Å². The maximum absolute atomic E-state index is 11.7. The summed E-state index contributed by atoms with van der Waals surface area (Å²) in [5.41, 5.74) is 1.07. The second kappa shape index (κ2) is 9.42. The Labute approximate surface area is 138 Å². The molecule has 122 valence electrons. The first-order chi connectivity index (χ1) is 10.4. The van der Waals surface area contributed by atoms with E-state index >= 15 is 0 Å². The van der Waals surface area contributed by atoms with Gasteiger partial charge in [0.25, 0.3) is 5.91 Å². The summed E-state index contributed by atoms with van der Waals surface area (Å²) in [5.74, 6) is -0.441. The standard InChI is InChI=1S/C15H20BrNO5/c1-10-4-5-13(12(16)8-10)21-9-14(18)22-11(2)15(19)17-6-7-20-3/h4-5,8,11H,6-7,9H2,1-3H3,(H,17,19)/t11-/m0/s1. The zero-order chi connectivity index (χ0) is 16.5. The van der Waals surface area contributed by atoms with Crippen LogP contribution in [0.1, 0.15) is 12.5 Å². The van der Waals surface area contributed by atoms with Crippen molar-refractivity contribution in [2.24, 2.45) is 0 Å². The van der Waals surface area contributed by atoms with E-state index in [0.717, 1.165) is 10.0 Å². The first kappa shape index (κ1) is 18.4. The Balaban J connectivity index is 2.37. The smallest absolute Gasteiger partial charge is 0.344 e. The number of aryl methyl sites for hydroxylation is 1. The summed E-state index contributed by atoms with van der Waals surface area (Å²) in [6.45, 7) is 3.95. The van der Waals surface area contributed by atoms with Crippen molar-refractivity contribution in [1.29, 1.82) is 0 Å². The topological polar surface area (TPSA) is 73.9 Å². The van der Waals surface area contributed by atoms with Gasteiger partial charge < -0.3 is 19.5 Å². The number of carbonyl (C=O) groups excluding carboxylic acids is 2. The Bertz CT molecular complexity index is 521. The fourth-order valence-electron chi connectivity index (χ4n) is 1.56. The zero-order valence-corrected chi connectivity index (χ0v) is 14.4. The minimum Gasteiger partial charge on any atom is -0.481 e. The largest absolute Gasteiger partial charge is 0.481 e. The Morgan fingerprint density at radius 2 is 2.09 bits per heavy atom. The third kappa shape index (κ3) is 6.44. The Kier molecular flexibility index (Phi) is 7.90. The first-order valence-electron chi connectivity index (χ1n) is 6.79. The molecule has 0 saturated carbocycles. The van der Waals surface area contributed by atoms with E-state index in [1.54, 1.807) is 6.07 Å². The van der Waals surface area contributed by atoms with Gasteiger partial charge in [-0.15, -0.1) is 0 Å². The van der Waals surface area contributed by atoms with Crippen molar-refractivity contribution in [1.82, 2.24) is 5.32 Å². The Morgan fingerprint density at radius 1 is 1.36 bits per heavy atom. The summed E-state index contributed by atoms with van der Waals surface area (Å²) < 4.78 is 15.9. The predicted octanol–water partition coefficient (Wildman–Crippen LogP) is 1.83. The number of carbonyl (C=O) groups is 2. The summed E-state index contributed by atoms with van der Waals surface area (Å²) in [5, 5.41) is 2.59. The summed E-state index contributed by atoms with van der Waals surface area (Å²) in [6, 6.07) is 5.51. The van der Waals surface area contributed by atoms with Crippen LogP contribution in [0.25, 0.3) is 0 Å². The molecule has 1 atom stereocenters. The molecule has 7 heteroatoms. The van der Waals surface area contributed by atoms with E-state index in [1.807, 2.05) is 19.1 Å². The van der Waals surface area contributed by atoms with Crippen molar-refractivity contribution >= 4 is 27.8 Å². The van der Waals surface area contributed by atoms with Crippen LogP contribution in [-0.2, 0) is 19.1 Å². The Hall–Kier alpha value is -1.60. The first-order valence-corrected chi connectivity index (χ1v) is 7.58. The lowest BCUT2D eigenvalue weighted by Crippen LogP contribution is -2.38. The maximum Gasteiger partial charge on any atom is 0.344 e. The van der Waals surface area contributed by atoms with E-state index in [2.05, 4.69) is 21.2 Å². The summed E-state index contributed by atoms with van der Waals surface area (Å²) in [4.78, 5) is 23.3. The average molecular weight is 374 g/mol. The van der Waals surface area contributed by atoms with Gasteiger partial charge in [-0.2, -0.15) is 0 Å². The molecule has 0 aromatic heterocycles. The van der Waals surface area contributed by atoms with E-state index < -0.39 is 12.1 Å². The van der Waals surface area contributed by atoms with Gasteiger partial charge in [0.2, 0.25) is 0 Å². The predicted molar refractivity (Wildman–Crippen MR) is 84.8 cm³/mol. The lowest BCUT2D eigenvalue weighted by atomic mass is 10.2. The molecule has 0 unspecified atom stereocenters. The van der Waals surface area contributed by atoms with Gasteiger partial charge in [-0.25, -0.2) is 4.79 Å². The second-order valence-corrected chi connectivity index (χ2v) is 5.49. The molecule has 22 heavy (non-hydrogen) atoms. The third-order valence-electron chi connectivity index (χ3n) is 2.72. The molecule has 1 aromatic carbocycles. The summed E-state index contributed by atoms with van der Waals surface area (Å²) in [7, 11) is 1.54. The van der Waals surface area contributed by atoms with Crippen molar-refractivity contribution in [3.05, 3.63) is 28.2 Å². The molecule has 1 aromatic rings. The van der Waals surface area contributed by atoms with Gasteiger partial charge in [0.05, 0.1) is 11.1 Å². The van der Waals surface area contributed by atoms with Crippen LogP contribution < -0.4 is 10.1 Å². The molecule has 0 heterocycles. The highest BCUT2D eigenvalue weighted by molar-refractivity contribution is 9.10. The van der Waals surface area contributed by atoms with E-state index in [1.165, 1.54) is 14.0 Å². The number of halogens is 1. The molecule has 6 nitrogen and oxygen atoms in total. The molecule has 1 amide bonds. The van der Waals surface area contributed by atoms with Gasteiger partial charge in [-0.3, -0.25) is 4.79 Å². The molecule has 0 saturated heterocycles. The molecule has 1 N–H and O–H groups in total. The molecular weight excluding hydrogens is 354 g/mol. The maximum atomic E-state index is 11.7. The molecule has 0 spiro atoms. The van der Waals surface area contributed by atoms with Crippen molar-refractivity contribution in [3.8, 4) is 5.75 Å². The minimum atomic E-state index is -0.880. The fourth-order valence-corrected chi connectivity index (χ4v) is 2.17. The highest BCUT2D eigenvalue weighted by Gasteiger charge is 2.17. The van der Waals surface area contributed by atoms with Crippen molar-refractivity contribution in [2.45, 2.75) is 20.0 Å². The number of hydrogen-bond acceptors (Lipinski definition) is 5. The van der Waals surface area contributed by atoms with Gasteiger partial charge in [0.15, 0.2) is 12.7 Å². The third-order valence-corrected chi connectivity index (χ3v) is 3.34. The molecule has 0 aliphatic rings. The van der Waals surface area contributed by atoms with Crippen LogP contribution in [0, 0.1) is 6.92 Å². The van der Waals surface area contributed by atoms with E-state index in [0.29, 0.717) is 18.9 Å². The normalized spacial score (nSPS) is 11.6. The van der Waals surface area contributed by atoms with Gasteiger partial charge in [-0.05, 0) is 47.5 Å². The van der Waals surface area contributed by atoms with Gasteiger partial charge in [-0.1, -0.05) is 6.07 Å². The SMILES string of the molecule is COCCNC(=O)[C@H](C)OC(=O)COc1ccc(C)cc1Br. The van der Waals surface area contributed by atoms with Crippen LogP contribution in [0.4, 0.5) is 0 Å². The molecule has 0 aliphatic carbocycles. The molecule has 1 rings (SSSR count). The number of esters is 1. The number of nitrogens with one attached hydrogen (secondary N) is 1. The molecule has 0 radical (unpaired) electrons. The summed E-state index contributed by atoms with van der Waals surface area (Å²) >= 11 is 3.35.